The van der Waals surface area contributed by atoms with Gasteiger partial charge in [0.05, 0.1) is 13.2 Å². The molecule has 0 fully saturated rings. The van der Waals surface area contributed by atoms with Crippen LogP contribution in [0.25, 0.3) is 0 Å². The molecule has 0 spiro atoms. The van der Waals surface area contributed by atoms with Crippen molar-refractivity contribution in [3.05, 3.63) is 24.3 Å². The minimum atomic E-state index is -0.329. The van der Waals surface area contributed by atoms with Crippen LogP contribution < -0.4 is 10.1 Å². The molecule has 19 heavy (non-hydrogen) atoms. The van der Waals surface area contributed by atoms with Crippen LogP contribution in [0.1, 0.15) is 32.6 Å². The number of hydrogen-bond donors (Lipinski definition) is 3. The van der Waals surface area contributed by atoms with E-state index >= 15 is 0 Å². The van der Waals surface area contributed by atoms with Gasteiger partial charge in [-0.15, -0.1) is 0 Å². The molecule has 0 bridgehead atoms. The van der Waals surface area contributed by atoms with Gasteiger partial charge in [-0.25, -0.2) is 0 Å². The summed E-state index contributed by atoms with van der Waals surface area (Å²) in [5.74, 6) is 0.831. The molecule has 3 N–H and O–H groups in total. The summed E-state index contributed by atoms with van der Waals surface area (Å²) < 4.78 is 5.12. The molecule has 0 aliphatic carbocycles. The van der Waals surface area contributed by atoms with Crippen LogP contribution in [0.15, 0.2) is 24.3 Å². The topological polar surface area (TPSA) is 61.7 Å². The molecule has 4 nitrogen and oxygen atoms in total. The SMILES string of the molecule is COc1ccc(N[C@H](CCCCO)CC(C)O)cc1. The molecule has 2 atom stereocenters. The number of ether oxygens (including phenoxy) is 1. The first-order chi connectivity index (χ1) is 9.15. The fourth-order valence-electron chi connectivity index (χ4n) is 2.09. The zero-order chi connectivity index (χ0) is 14.1. The molecular weight excluding hydrogens is 242 g/mol. The normalized spacial score (nSPS) is 13.9. The molecule has 0 heterocycles. The average molecular weight is 267 g/mol. The Morgan fingerprint density at radius 2 is 1.89 bits per heavy atom. The Bertz CT molecular complexity index is 338. The fourth-order valence-corrected chi connectivity index (χ4v) is 2.09. The first kappa shape index (κ1) is 15.8. The number of methoxy groups -OCH3 is 1. The maximum atomic E-state index is 9.53. The number of benzene rings is 1. The third kappa shape index (κ3) is 6.45. The number of aliphatic hydroxyl groups excluding tert-OH is 2. The third-order valence-corrected chi connectivity index (χ3v) is 3.05. The van der Waals surface area contributed by atoms with Crippen LogP contribution in [0.2, 0.25) is 0 Å². The van der Waals surface area contributed by atoms with Crippen LogP contribution in [-0.4, -0.2) is 36.1 Å². The third-order valence-electron chi connectivity index (χ3n) is 3.05. The Labute approximate surface area is 115 Å². The zero-order valence-corrected chi connectivity index (χ0v) is 11.8. The molecule has 108 valence electrons. The van der Waals surface area contributed by atoms with E-state index in [9.17, 15) is 5.11 Å². The van der Waals surface area contributed by atoms with E-state index in [4.69, 9.17) is 9.84 Å². The highest BCUT2D eigenvalue weighted by Gasteiger charge is 2.11. The van der Waals surface area contributed by atoms with Gasteiger partial charge in [0.15, 0.2) is 0 Å². The maximum Gasteiger partial charge on any atom is 0.119 e. The minimum Gasteiger partial charge on any atom is -0.497 e. The lowest BCUT2D eigenvalue weighted by Gasteiger charge is -2.21. The van der Waals surface area contributed by atoms with Crippen LogP contribution in [0.4, 0.5) is 5.69 Å². The van der Waals surface area contributed by atoms with Gasteiger partial charge in [0.1, 0.15) is 5.75 Å². The number of aliphatic hydroxyl groups is 2. The first-order valence-corrected chi connectivity index (χ1v) is 6.85. The average Bonchev–Trinajstić information content (AvgIpc) is 2.39. The van der Waals surface area contributed by atoms with Gasteiger partial charge in [0.2, 0.25) is 0 Å². The fraction of sp³-hybridized carbons (Fsp3) is 0.600. The van der Waals surface area contributed by atoms with Crippen molar-refractivity contribution in [1.29, 1.82) is 0 Å². The summed E-state index contributed by atoms with van der Waals surface area (Å²) in [6, 6.07) is 7.99. The van der Waals surface area contributed by atoms with Crippen molar-refractivity contribution in [3.63, 3.8) is 0 Å². The molecule has 0 saturated heterocycles. The lowest BCUT2D eigenvalue weighted by molar-refractivity contribution is 0.175. The molecule has 0 saturated carbocycles. The van der Waals surface area contributed by atoms with E-state index in [1.54, 1.807) is 14.0 Å². The first-order valence-electron chi connectivity index (χ1n) is 6.85. The maximum absolute atomic E-state index is 9.53. The highest BCUT2D eigenvalue weighted by Crippen LogP contribution is 2.18. The van der Waals surface area contributed by atoms with Crippen molar-refractivity contribution in [2.24, 2.45) is 0 Å². The van der Waals surface area contributed by atoms with Gasteiger partial charge in [-0.2, -0.15) is 0 Å². The summed E-state index contributed by atoms with van der Waals surface area (Å²) in [6.07, 6.45) is 3.08. The Kier molecular flexibility index (Phi) is 7.30. The van der Waals surface area contributed by atoms with Crippen LogP contribution >= 0.6 is 0 Å². The van der Waals surface area contributed by atoms with Crippen LogP contribution in [0.5, 0.6) is 5.75 Å². The quantitative estimate of drug-likeness (QED) is 0.601. The summed E-state index contributed by atoms with van der Waals surface area (Å²) in [7, 11) is 1.65. The molecular formula is C15H25NO3. The van der Waals surface area contributed by atoms with Crippen molar-refractivity contribution in [2.75, 3.05) is 19.0 Å². The Morgan fingerprint density at radius 1 is 1.21 bits per heavy atom. The van der Waals surface area contributed by atoms with E-state index < -0.39 is 0 Å². The van der Waals surface area contributed by atoms with Gasteiger partial charge in [0, 0.05) is 18.3 Å². The number of anilines is 1. The zero-order valence-electron chi connectivity index (χ0n) is 11.8. The van der Waals surface area contributed by atoms with Crippen molar-refractivity contribution >= 4 is 5.69 Å². The second kappa shape index (κ2) is 8.77. The molecule has 1 aromatic rings. The van der Waals surface area contributed by atoms with Crippen LogP contribution in [0.3, 0.4) is 0 Å². The summed E-state index contributed by atoms with van der Waals surface area (Å²) in [6.45, 7) is 2.03. The summed E-state index contributed by atoms with van der Waals surface area (Å²) in [4.78, 5) is 0. The second-order valence-corrected chi connectivity index (χ2v) is 4.87. The smallest absolute Gasteiger partial charge is 0.119 e. The summed E-state index contributed by atoms with van der Waals surface area (Å²) in [5.41, 5.74) is 1.02. The van der Waals surface area contributed by atoms with Gasteiger partial charge < -0.3 is 20.3 Å². The largest absolute Gasteiger partial charge is 0.497 e. The Morgan fingerprint density at radius 3 is 2.42 bits per heavy atom. The molecule has 0 amide bonds. The van der Waals surface area contributed by atoms with Crippen molar-refractivity contribution < 1.29 is 14.9 Å². The second-order valence-electron chi connectivity index (χ2n) is 4.87. The number of hydrogen-bond acceptors (Lipinski definition) is 4. The molecule has 0 aromatic heterocycles. The van der Waals surface area contributed by atoms with Crippen molar-refractivity contribution in [3.8, 4) is 5.75 Å². The molecule has 1 rings (SSSR count). The van der Waals surface area contributed by atoms with Gasteiger partial charge in [-0.05, 0) is 56.9 Å². The van der Waals surface area contributed by atoms with E-state index in [2.05, 4.69) is 5.32 Å². The predicted molar refractivity (Wildman–Crippen MR) is 77.6 cm³/mol. The van der Waals surface area contributed by atoms with Crippen molar-refractivity contribution in [1.82, 2.24) is 0 Å². The summed E-state index contributed by atoms with van der Waals surface area (Å²) >= 11 is 0. The van der Waals surface area contributed by atoms with Gasteiger partial charge in [0.25, 0.3) is 0 Å². The highest BCUT2D eigenvalue weighted by atomic mass is 16.5. The van der Waals surface area contributed by atoms with Gasteiger partial charge >= 0.3 is 0 Å². The molecule has 1 aromatic carbocycles. The standard InChI is InChI=1S/C15H25NO3/c1-12(18)11-14(5-3-4-10-17)16-13-6-8-15(19-2)9-7-13/h6-9,12,14,16-18H,3-5,10-11H2,1-2H3/t12?,14-/m1/s1. The number of nitrogens with one attached hydrogen (secondary N) is 1. The predicted octanol–water partition coefficient (Wildman–Crippen LogP) is 2.41. The summed E-state index contributed by atoms with van der Waals surface area (Å²) in [5, 5.41) is 21.8. The number of rotatable bonds is 9. The van der Waals surface area contributed by atoms with Crippen molar-refractivity contribution in [2.45, 2.75) is 44.8 Å². The Hall–Kier alpha value is -1.26. The van der Waals surface area contributed by atoms with Crippen LogP contribution in [-0.2, 0) is 0 Å². The molecule has 4 heteroatoms. The molecule has 0 aliphatic heterocycles. The van der Waals surface area contributed by atoms with Gasteiger partial charge in [-0.3, -0.25) is 0 Å². The Balaban J connectivity index is 2.53. The molecule has 0 aliphatic rings. The molecule has 1 unspecified atom stereocenters. The van der Waals surface area contributed by atoms with E-state index in [0.717, 1.165) is 30.7 Å². The minimum absolute atomic E-state index is 0.222. The van der Waals surface area contributed by atoms with E-state index in [1.807, 2.05) is 24.3 Å². The lowest BCUT2D eigenvalue weighted by atomic mass is 10.0. The monoisotopic (exact) mass is 267 g/mol. The van der Waals surface area contributed by atoms with E-state index in [1.165, 1.54) is 0 Å². The lowest BCUT2D eigenvalue weighted by Crippen LogP contribution is -2.24. The van der Waals surface area contributed by atoms with Crippen LogP contribution in [0, 0.1) is 0 Å². The van der Waals surface area contributed by atoms with E-state index in [0.29, 0.717) is 6.42 Å². The van der Waals surface area contributed by atoms with Gasteiger partial charge in [-0.1, -0.05) is 0 Å². The molecule has 0 radical (unpaired) electrons. The highest BCUT2D eigenvalue weighted by molar-refractivity contribution is 5.47. The van der Waals surface area contributed by atoms with E-state index in [-0.39, 0.29) is 18.8 Å². The number of unbranched alkanes of at least 4 members (excludes halogenated alkanes) is 1.